The molecule has 8 rings (SSSR count). The third kappa shape index (κ3) is 47.7. The Kier molecular flexibility index (Phi) is 52.7. The number of imide groups is 1. The zero-order valence-electron chi connectivity index (χ0n) is 70.4. The predicted octanol–water partition coefficient (Wildman–Crippen LogP) is 3.16. The van der Waals surface area contributed by atoms with Crippen LogP contribution in [0.4, 0.5) is 15.8 Å². The number of benzene rings is 5. The first-order valence-electron chi connectivity index (χ1n) is 39.0. The number of halogens is 1. The van der Waals surface area contributed by atoms with Crippen molar-refractivity contribution in [3.8, 4) is 28.7 Å². The van der Waals surface area contributed by atoms with Crippen LogP contribution >= 0.6 is 0 Å². The fourth-order valence-electron chi connectivity index (χ4n) is 11.9. The monoisotopic (exact) mass is 1740 g/mol. The Labute approximate surface area is 716 Å². The van der Waals surface area contributed by atoms with Gasteiger partial charge in [0.15, 0.2) is 23.0 Å². The second kappa shape index (κ2) is 61.2. The second-order valence-corrected chi connectivity index (χ2v) is 27.3. The zero-order chi connectivity index (χ0) is 94.1. The largest absolute Gasteiger partial charge is 0.508 e. The maximum atomic E-state index is 12.4. The Bertz CT molecular complexity index is 4330. The van der Waals surface area contributed by atoms with Gasteiger partial charge in [0.05, 0.1) is 47.8 Å². The van der Waals surface area contributed by atoms with E-state index in [1.807, 2.05) is 60.3 Å². The lowest BCUT2D eigenvalue weighted by molar-refractivity contribution is -0.193. The van der Waals surface area contributed by atoms with Crippen molar-refractivity contribution in [2.75, 3.05) is 183 Å². The minimum atomic E-state index is -1.06. The number of aromatic hydroxyl groups is 5. The van der Waals surface area contributed by atoms with Crippen molar-refractivity contribution in [3.63, 3.8) is 0 Å². The minimum Gasteiger partial charge on any atom is -0.508 e. The van der Waals surface area contributed by atoms with E-state index in [0.717, 1.165) is 41.9 Å². The maximum Gasteiger partial charge on any atom is 0.373 e. The number of carbonyl (C=O) groups is 11. The first-order valence-corrected chi connectivity index (χ1v) is 38.3. The Morgan fingerprint density at radius 2 is 0.887 bits per heavy atom. The predicted molar refractivity (Wildman–Crippen MR) is 446 cm³/mol. The van der Waals surface area contributed by atoms with Crippen molar-refractivity contribution in [2.45, 2.75) is 52.1 Å². The van der Waals surface area contributed by atoms with Crippen molar-refractivity contribution >= 4 is 107 Å². The van der Waals surface area contributed by atoms with E-state index in [0.29, 0.717) is 66.7 Å². The second-order valence-electron chi connectivity index (χ2n) is 27.3. The highest BCUT2D eigenvalue weighted by molar-refractivity contribution is 6.03. The van der Waals surface area contributed by atoms with Crippen LogP contribution in [0.3, 0.4) is 0 Å². The molecule has 2 unspecified atom stereocenters. The summed E-state index contributed by atoms with van der Waals surface area (Å²) in [5.74, 6) is -10.3. The summed E-state index contributed by atoms with van der Waals surface area (Å²) in [6, 6.07) is 28.7. The van der Waals surface area contributed by atoms with Gasteiger partial charge in [0.2, 0.25) is 5.91 Å². The summed E-state index contributed by atoms with van der Waals surface area (Å²) in [6.45, 7) is 14.7. The lowest BCUT2D eigenvalue weighted by Gasteiger charge is -2.37. The highest BCUT2D eigenvalue weighted by atomic mass is 19.1. The number of carboxylic acid groups (broad SMARTS) is 7. The van der Waals surface area contributed by atoms with Crippen LogP contribution in [0.1, 0.15) is 68.8 Å². The molecule has 3 heterocycles. The van der Waals surface area contributed by atoms with Gasteiger partial charge in [-0.3, -0.25) is 81.8 Å². The third-order valence-corrected chi connectivity index (χ3v) is 18.3. The van der Waals surface area contributed by atoms with Gasteiger partial charge in [0.25, 0.3) is 11.8 Å². The molecular weight excluding hydrogens is 1630 g/mol. The van der Waals surface area contributed by atoms with Crippen LogP contribution in [-0.2, 0) is 83.2 Å². The summed E-state index contributed by atoms with van der Waals surface area (Å²) in [7, 11) is 3.03. The molecule has 2 atom stereocenters. The molecule has 124 heavy (non-hydrogen) atoms. The molecule has 0 radical (unpaired) electrons. The van der Waals surface area contributed by atoms with Gasteiger partial charge in [-0.1, -0.05) is 69.3 Å². The SMILES string of the molecule is CCN(CC)CC.CN1CCN(CC(=O)O)CCN(CC(=O)O)CC(c2ccc(NC(=O)/C=C/c3ccc(O)cc3)cc2)N(C)CC1.Nc1ccc(CC2CN(CC(=O)O)CCN(CC(=O)O)CCN(CC(=O)O)CCN2CC(=O)O)cc1.O=C(/C=C/c1ccc(O)c(O)c1)ON1C(=O)CCC1=O.O=C(O)/C=C/c1ccc(O)c(O)c1.O=C=O.O=C=O.[2H]CF. The van der Waals surface area contributed by atoms with Gasteiger partial charge < -0.3 is 87.0 Å². The molecule has 3 aliphatic rings. The molecule has 15 N–H and O–H groups in total. The number of alkyl halides is 1. The van der Waals surface area contributed by atoms with Crippen molar-refractivity contribution in [1.82, 2.24) is 49.2 Å². The first-order chi connectivity index (χ1) is 59.2. The molecule has 3 saturated heterocycles. The average molecular weight is 1740 g/mol. The van der Waals surface area contributed by atoms with Gasteiger partial charge in [-0.15, -0.1) is 5.06 Å². The molecule has 678 valence electrons. The van der Waals surface area contributed by atoms with E-state index in [1.165, 1.54) is 74.3 Å². The van der Waals surface area contributed by atoms with Gasteiger partial charge in [-0.25, -0.2) is 9.59 Å². The number of nitrogen functional groups attached to an aromatic ring is 1. The van der Waals surface area contributed by atoms with Crippen molar-refractivity contribution in [3.05, 3.63) is 155 Å². The third-order valence-electron chi connectivity index (χ3n) is 18.3. The first kappa shape index (κ1) is 107. The zero-order valence-corrected chi connectivity index (χ0v) is 69.4. The van der Waals surface area contributed by atoms with E-state index < -0.39 is 72.8 Å². The van der Waals surface area contributed by atoms with E-state index >= 15 is 0 Å². The van der Waals surface area contributed by atoms with Crippen molar-refractivity contribution in [2.24, 2.45) is 0 Å². The number of anilines is 2. The Morgan fingerprint density at radius 3 is 1.31 bits per heavy atom. The van der Waals surface area contributed by atoms with E-state index in [1.54, 1.807) is 62.1 Å². The number of nitrogens with one attached hydrogen (secondary N) is 1. The summed E-state index contributed by atoms with van der Waals surface area (Å²) >= 11 is 0. The maximum absolute atomic E-state index is 12.4. The molecule has 0 saturated carbocycles. The highest BCUT2D eigenvalue weighted by Crippen LogP contribution is 2.28. The molecule has 3 fully saturated rings. The molecule has 41 heteroatoms. The smallest absolute Gasteiger partial charge is 0.373 e. The number of rotatable bonds is 26. The molecule has 40 nitrogen and oxygen atoms in total. The van der Waals surface area contributed by atoms with Gasteiger partial charge >= 0.3 is 60.1 Å². The highest BCUT2D eigenvalue weighted by Gasteiger charge is 2.33. The molecule has 0 aromatic heterocycles. The van der Waals surface area contributed by atoms with Crippen LogP contribution in [0.2, 0.25) is 0 Å². The lowest BCUT2D eigenvalue weighted by atomic mass is 10.0. The van der Waals surface area contributed by atoms with Gasteiger partial charge in [0.1, 0.15) is 5.75 Å². The fraction of sp³-hybridized carbons (Fsp3) is 0.410. The number of carboxylic acids is 7. The Hall–Kier alpha value is -13.2. The molecule has 0 spiro atoms. The quantitative estimate of drug-likeness (QED) is 0.0164. The summed E-state index contributed by atoms with van der Waals surface area (Å²) in [6.07, 6.45) is 8.65. The standard InChI is InChI=1S/C29H39N5O6.C23H35N5O8.C13H11NO6.C9H8O4.C6H15N.CH3F.2CO2/c1-31-13-15-32(2)26(19-34(21-29(39)40)18-17-33(16-14-31)20-28(37)38)23-6-8-24(9-7-23)30-27(36)12-5-22-3-10-25(35)11-4-22;24-18-3-1-17(2-4-18)11-19-12-27(15-22(33)34)8-7-25(13-20(29)30)5-6-26(14-21(31)32)9-10-28(19)16-23(35)36;15-9-3-1-8(7-10(9)16)2-6-13(19)20-14-11(17)4-5-12(14)18;10-7-3-1-6(5-8(7)11)2-4-9(12)13;1-4-7(5-2)6-3;1-2;2*2-1-3/h3-12,26,35H,13-21H2,1-2H3,(H,30,36)(H,37,38)(H,39,40);1-4,19H,5-16,24H2,(H,29,30)(H,31,32)(H,33,34)(H,35,36);1-3,6-7,15-16H,4-5H2;1-5,10-11H,(H,12,13);4-6H2,1-3H3;1H3;;/b12-5+;;6-2+;4-2+;;;;/i;;;;;1D;;. The lowest BCUT2D eigenvalue weighted by Crippen LogP contribution is -2.53. The number of phenolic OH excluding ortho intramolecular Hbond substituents is 5. The van der Waals surface area contributed by atoms with Crippen LogP contribution in [0.25, 0.3) is 18.2 Å². The van der Waals surface area contributed by atoms with Gasteiger partial charge in [-0.2, -0.15) is 19.2 Å². The normalized spacial score (nSPS) is 16.3. The molecule has 3 aliphatic heterocycles. The molecule has 3 amide bonds. The number of amides is 3. The molecular formula is C83H111FN12O28. The fourth-order valence-corrected chi connectivity index (χ4v) is 11.9. The van der Waals surface area contributed by atoms with E-state index in [4.69, 9.17) is 46.7 Å². The minimum absolute atomic E-state index is 0.0294. The number of hydroxylamine groups is 2. The average Bonchev–Trinajstić information content (AvgIpc) is 1.79. The summed E-state index contributed by atoms with van der Waals surface area (Å²) < 4.78 is 15.5. The summed E-state index contributed by atoms with van der Waals surface area (Å²) in [5.41, 5.74) is 10.6. The van der Waals surface area contributed by atoms with Gasteiger partial charge in [-0.05, 0) is 147 Å². The van der Waals surface area contributed by atoms with Crippen molar-refractivity contribution < 1.29 is 144 Å². The van der Waals surface area contributed by atoms with Crippen LogP contribution in [0.15, 0.2) is 127 Å². The number of nitrogens with zero attached hydrogens (tertiary/aromatic N) is 10. The molecule has 0 aliphatic carbocycles. The molecule has 5 aromatic carbocycles. The van der Waals surface area contributed by atoms with E-state index in [2.05, 4.69) is 45.6 Å². The number of likely N-dealkylation sites (N-methyl/N-ethyl adjacent to an activating group) is 2. The Morgan fingerprint density at radius 1 is 0.500 bits per heavy atom. The number of aliphatic carboxylic acids is 7. The van der Waals surface area contributed by atoms with Gasteiger partial charge in [0, 0.05) is 146 Å². The van der Waals surface area contributed by atoms with Crippen LogP contribution in [-0.4, -0.2) is 366 Å². The van der Waals surface area contributed by atoms with Crippen molar-refractivity contribution in [1.29, 1.82) is 0 Å². The number of nitrogens with two attached hydrogens (primary N) is 1. The topological polar surface area (TPSA) is 578 Å². The van der Waals surface area contributed by atoms with Crippen LogP contribution < -0.4 is 11.1 Å². The molecule has 5 aromatic rings. The summed E-state index contributed by atoms with van der Waals surface area (Å²) in [5, 5.41) is 114. The number of hydrogen-bond donors (Lipinski definition) is 14. The van der Waals surface area contributed by atoms with E-state index in [-0.39, 0.29) is 151 Å². The number of phenols is 5. The van der Waals surface area contributed by atoms with E-state index in [9.17, 15) is 98.0 Å². The summed E-state index contributed by atoms with van der Waals surface area (Å²) in [4.78, 5) is 180. The number of hydrogen-bond acceptors (Lipinski definition) is 31. The van der Waals surface area contributed by atoms with Crippen LogP contribution in [0.5, 0.6) is 28.7 Å². The molecule has 0 bridgehead atoms. The van der Waals surface area contributed by atoms with Crippen LogP contribution in [0, 0.1) is 0 Å². The number of carbonyl (C=O) groups excluding carboxylic acids is 8. The Balaban J connectivity index is 0.000000829.